The average molecular weight is 280 g/mol. The molecule has 2 fully saturated rings. The quantitative estimate of drug-likeness (QED) is 0.857. The van der Waals surface area contributed by atoms with E-state index in [0.29, 0.717) is 6.04 Å². The van der Waals surface area contributed by atoms with Crippen LogP contribution in [0, 0.1) is 11.8 Å². The first-order chi connectivity index (χ1) is 9.60. The minimum absolute atomic E-state index is 0.0973. The van der Waals surface area contributed by atoms with E-state index in [1.54, 1.807) is 0 Å². The molecule has 2 unspecified atom stereocenters. The summed E-state index contributed by atoms with van der Waals surface area (Å²) in [6.45, 7) is 8.56. The van der Waals surface area contributed by atoms with Gasteiger partial charge >= 0.3 is 0 Å². The average Bonchev–Trinajstić information content (AvgIpc) is 2.47. The van der Waals surface area contributed by atoms with Gasteiger partial charge in [-0.1, -0.05) is 46.5 Å². The topological polar surface area (TPSA) is 32.3 Å². The molecule has 1 saturated carbocycles. The van der Waals surface area contributed by atoms with Crippen LogP contribution in [0.1, 0.15) is 65.7 Å². The fourth-order valence-electron chi connectivity index (χ4n) is 3.75. The van der Waals surface area contributed by atoms with Crippen molar-refractivity contribution >= 4 is 5.91 Å². The number of rotatable bonds is 4. The lowest BCUT2D eigenvalue weighted by atomic mass is 9.87. The molecule has 1 heterocycles. The maximum atomic E-state index is 12.0. The lowest BCUT2D eigenvalue weighted by Gasteiger charge is -2.43. The van der Waals surface area contributed by atoms with Crippen LogP contribution < -0.4 is 5.32 Å². The molecule has 1 saturated heterocycles. The van der Waals surface area contributed by atoms with Crippen LogP contribution in [-0.2, 0) is 4.79 Å². The highest BCUT2D eigenvalue weighted by atomic mass is 16.1. The molecule has 116 valence electrons. The van der Waals surface area contributed by atoms with Gasteiger partial charge in [-0.2, -0.15) is 0 Å². The fraction of sp³-hybridized carbons (Fsp3) is 0.941. The first kappa shape index (κ1) is 15.8. The second-order valence-corrected chi connectivity index (χ2v) is 7.12. The van der Waals surface area contributed by atoms with E-state index in [1.807, 2.05) is 13.8 Å². The van der Waals surface area contributed by atoms with Crippen LogP contribution in [0.15, 0.2) is 0 Å². The lowest BCUT2D eigenvalue weighted by Crippen LogP contribution is -2.54. The van der Waals surface area contributed by atoms with Gasteiger partial charge in [0.05, 0.1) is 0 Å². The Labute approximate surface area is 124 Å². The molecule has 2 aliphatic rings. The smallest absolute Gasteiger partial charge is 0.222 e. The standard InChI is InChI=1S/C17H32N2O/c1-4-14-10-15(18-17(20)13(2)3)12-19(11-14)16-8-6-5-7-9-16/h13-16H,4-12H2,1-3H3,(H,18,20). The van der Waals surface area contributed by atoms with Gasteiger partial charge in [0.25, 0.3) is 0 Å². The zero-order valence-corrected chi connectivity index (χ0v) is 13.5. The molecule has 1 N–H and O–H groups in total. The van der Waals surface area contributed by atoms with Crippen molar-refractivity contribution in [3.05, 3.63) is 0 Å². The van der Waals surface area contributed by atoms with E-state index >= 15 is 0 Å². The molecule has 2 rings (SSSR count). The van der Waals surface area contributed by atoms with E-state index in [-0.39, 0.29) is 11.8 Å². The van der Waals surface area contributed by atoms with E-state index in [0.717, 1.165) is 24.9 Å². The Balaban J connectivity index is 1.93. The Bertz CT molecular complexity index is 310. The summed E-state index contributed by atoms with van der Waals surface area (Å²) in [7, 11) is 0. The first-order valence-corrected chi connectivity index (χ1v) is 8.64. The Hall–Kier alpha value is -0.570. The van der Waals surface area contributed by atoms with E-state index in [9.17, 15) is 4.79 Å². The Kier molecular flexibility index (Phi) is 5.88. The Morgan fingerprint density at radius 3 is 2.50 bits per heavy atom. The predicted octanol–water partition coefficient (Wildman–Crippen LogP) is 3.19. The van der Waals surface area contributed by atoms with Crippen molar-refractivity contribution in [3.63, 3.8) is 0 Å². The molecule has 0 bridgehead atoms. The normalized spacial score (nSPS) is 29.6. The number of hydrogen-bond acceptors (Lipinski definition) is 2. The number of likely N-dealkylation sites (tertiary alicyclic amines) is 1. The third kappa shape index (κ3) is 4.21. The molecule has 1 aliphatic carbocycles. The molecule has 3 heteroatoms. The largest absolute Gasteiger partial charge is 0.352 e. The third-order valence-electron chi connectivity index (χ3n) is 5.10. The lowest BCUT2D eigenvalue weighted by molar-refractivity contribution is -0.125. The minimum atomic E-state index is 0.0973. The molecular weight excluding hydrogens is 248 g/mol. The second kappa shape index (κ2) is 7.44. The van der Waals surface area contributed by atoms with Gasteiger partial charge in [-0.05, 0) is 25.2 Å². The number of piperidine rings is 1. The van der Waals surface area contributed by atoms with Crippen molar-refractivity contribution in [2.24, 2.45) is 11.8 Å². The zero-order chi connectivity index (χ0) is 14.5. The van der Waals surface area contributed by atoms with Crippen molar-refractivity contribution in [2.45, 2.75) is 77.8 Å². The van der Waals surface area contributed by atoms with Gasteiger partial charge in [-0.3, -0.25) is 9.69 Å². The number of nitrogens with one attached hydrogen (secondary N) is 1. The van der Waals surface area contributed by atoms with Gasteiger partial charge < -0.3 is 5.32 Å². The van der Waals surface area contributed by atoms with Crippen molar-refractivity contribution in [2.75, 3.05) is 13.1 Å². The zero-order valence-electron chi connectivity index (χ0n) is 13.5. The molecule has 3 nitrogen and oxygen atoms in total. The summed E-state index contributed by atoms with van der Waals surface area (Å²) in [5.74, 6) is 1.07. The molecule has 0 aromatic rings. The van der Waals surface area contributed by atoms with Gasteiger partial charge in [0, 0.05) is 31.1 Å². The highest BCUT2D eigenvalue weighted by molar-refractivity contribution is 5.78. The maximum absolute atomic E-state index is 12.0. The van der Waals surface area contributed by atoms with E-state index in [2.05, 4.69) is 17.1 Å². The highest BCUT2D eigenvalue weighted by Crippen LogP contribution is 2.28. The van der Waals surface area contributed by atoms with Crippen molar-refractivity contribution < 1.29 is 4.79 Å². The summed E-state index contributed by atoms with van der Waals surface area (Å²) >= 11 is 0. The highest BCUT2D eigenvalue weighted by Gasteiger charge is 2.32. The van der Waals surface area contributed by atoms with E-state index in [1.165, 1.54) is 45.1 Å². The number of hydrogen-bond donors (Lipinski definition) is 1. The molecule has 20 heavy (non-hydrogen) atoms. The van der Waals surface area contributed by atoms with Gasteiger partial charge in [-0.15, -0.1) is 0 Å². The van der Waals surface area contributed by atoms with Crippen LogP contribution in [0.25, 0.3) is 0 Å². The van der Waals surface area contributed by atoms with Gasteiger partial charge in [0.1, 0.15) is 0 Å². The summed E-state index contributed by atoms with van der Waals surface area (Å²) in [5.41, 5.74) is 0. The molecule has 1 aliphatic heterocycles. The minimum Gasteiger partial charge on any atom is -0.352 e. The molecule has 2 atom stereocenters. The summed E-state index contributed by atoms with van der Waals surface area (Å²) in [6, 6.07) is 1.14. The van der Waals surface area contributed by atoms with Crippen LogP contribution in [0.2, 0.25) is 0 Å². The van der Waals surface area contributed by atoms with Crippen LogP contribution in [0.4, 0.5) is 0 Å². The number of carbonyl (C=O) groups excluding carboxylic acids is 1. The van der Waals surface area contributed by atoms with Gasteiger partial charge in [0.2, 0.25) is 5.91 Å². The number of nitrogens with zero attached hydrogens (tertiary/aromatic N) is 1. The van der Waals surface area contributed by atoms with E-state index < -0.39 is 0 Å². The molecule has 0 spiro atoms. The van der Waals surface area contributed by atoms with E-state index in [4.69, 9.17) is 0 Å². The number of carbonyl (C=O) groups is 1. The van der Waals surface area contributed by atoms with Crippen LogP contribution in [0.3, 0.4) is 0 Å². The van der Waals surface area contributed by atoms with Crippen molar-refractivity contribution in [1.29, 1.82) is 0 Å². The SMILES string of the molecule is CCC1CC(NC(=O)C(C)C)CN(C2CCCCC2)C1. The molecule has 0 aromatic carbocycles. The monoisotopic (exact) mass is 280 g/mol. The first-order valence-electron chi connectivity index (χ1n) is 8.64. The second-order valence-electron chi connectivity index (χ2n) is 7.12. The summed E-state index contributed by atoms with van der Waals surface area (Å²) in [6.07, 6.45) is 9.31. The predicted molar refractivity (Wildman–Crippen MR) is 83.6 cm³/mol. The maximum Gasteiger partial charge on any atom is 0.222 e. The third-order valence-corrected chi connectivity index (χ3v) is 5.10. The summed E-state index contributed by atoms with van der Waals surface area (Å²) in [5, 5.41) is 3.27. The molecular formula is C17H32N2O. The molecule has 0 radical (unpaired) electrons. The van der Waals surface area contributed by atoms with Crippen molar-refractivity contribution in [1.82, 2.24) is 10.2 Å². The van der Waals surface area contributed by atoms with Crippen LogP contribution in [0.5, 0.6) is 0 Å². The molecule has 1 amide bonds. The fourth-order valence-corrected chi connectivity index (χ4v) is 3.75. The van der Waals surface area contributed by atoms with Crippen molar-refractivity contribution in [3.8, 4) is 0 Å². The molecule has 0 aromatic heterocycles. The Morgan fingerprint density at radius 2 is 1.90 bits per heavy atom. The van der Waals surface area contributed by atoms with Crippen LogP contribution >= 0.6 is 0 Å². The van der Waals surface area contributed by atoms with Gasteiger partial charge in [0.15, 0.2) is 0 Å². The van der Waals surface area contributed by atoms with Crippen LogP contribution in [-0.4, -0.2) is 36.0 Å². The summed E-state index contributed by atoms with van der Waals surface area (Å²) < 4.78 is 0. The summed E-state index contributed by atoms with van der Waals surface area (Å²) in [4.78, 5) is 14.6. The Morgan fingerprint density at radius 1 is 1.20 bits per heavy atom. The number of amides is 1. The van der Waals surface area contributed by atoms with Gasteiger partial charge in [-0.25, -0.2) is 0 Å².